The van der Waals surface area contributed by atoms with E-state index >= 15 is 0 Å². The Balaban J connectivity index is 1.94. The summed E-state index contributed by atoms with van der Waals surface area (Å²) in [5, 5.41) is 13.0. The van der Waals surface area contributed by atoms with Gasteiger partial charge in [0.05, 0.1) is 11.3 Å². The van der Waals surface area contributed by atoms with Crippen LogP contribution in [0, 0.1) is 25.2 Å². The van der Waals surface area contributed by atoms with Crippen LogP contribution in [0.1, 0.15) is 29.6 Å². The number of nitrogens with zero attached hydrogens (tertiary/aromatic N) is 2. The van der Waals surface area contributed by atoms with Crippen molar-refractivity contribution in [2.24, 2.45) is 5.10 Å². The van der Waals surface area contributed by atoms with Crippen LogP contribution in [-0.2, 0) is 4.79 Å². The van der Waals surface area contributed by atoms with Crippen molar-refractivity contribution in [1.82, 2.24) is 5.43 Å². The highest BCUT2D eigenvalue weighted by Gasteiger charge is 2.09. The summed E-state index contributed by atoms with van der Waals surface area (Å²) < 4.78 is 10.8. The molecule has 23 heavy (non-hydrogen) atoms. The normalized spacial score (nSPS) is 11.0. The van der Waals surface area contributed by atoms with E-state index in [4.69, 9.17) is 14.4 Å². The minimum atomic E-state index is -0.407. The number of hydrogen-bond acceptors (Lipinski definition) is 5. The number of ether oxygens (including phenoxy) is 1. The minimum absolute atomic E-state index is 0.223. The third kappa shape index (κ3) is 4.20. The number of aryl methyl sites for hydroxylation is 2. The number of hydrazone groups is 1. The van der Waals surface area contributed by atoms with Crippen molar-refractivity contribution < 1.29 is 13.9 Å². The van der Waals surface area contributed by atoms with Crippen LogP contribution in [-0.4, -0.2) is 18.2 Å². The summed E-state index contributed by atoms with van der Waals surface area (Å²) in [6.07, 6.45) is 0. The summed E-state index contributed by atoms with van der Waals surface area (Å²) in [6, 6.07) is 10.6. The van der Waals surface area contributed by atoms with Crippen molar-refractivity contribution >= 4 is 11.6 Å². The number of para-hydroxylation sites is 1. The van der Waals surface area contributed by atoms with Crippen molar-refractivity contribution in [3.05, 3.63) is 53.0 Å². The first-order valence-corrected chi connectivity index (χ1v) is 7.03. The fraction of sp³-hybridized carbons (Fsp3) is 0.235. The Kier molecular flexibility index (Phi) is 5.15. The van der Waals surface area contributed by atoms with Gasteiger partial charge < -0.3 is 9.15 Å². The molecule has 0 aliphatic rings. The molecule has 1 aromatic heterocycles. The number of amides is 1. The van der Waals surface area contributed by atoms with Gasteiger partial charge in [-0.3, -0.25) is 4.79 Å². The van der Waals surface area contributed by atoms with Gasteiger partial charge in [0.15, 0.2) is 6.61 Å². The highest BCUT2D eigenvalue weighted by atomic mass is 16.5. The Morgan fingerprint density at radius 3 is 2.78 bits per heavy atom. The second-order valence-electron chi connectivity index (χ2n) is 4.96. The van der Waals surface area contributed by atoms with Gasteiger partial charge in [-0.05, 0) is 39.0 Å². The summed E-state index contributed by atoms with van der Waals surface area (Å²) >= 11 is 0. The molecule has 0 saturated carbocycles. The first-order chi connectivity index (χ1) is 11.0. The van der Waals surface area contributed by atoms with E-state index in [2.05, 4.69) is 10.5 Å². The van der Waals surface area contributed by atoms with E-state index in [1.807, 2.05) is 26.0 Å². The lowest BCUT2D eigenvalue weighted by Crippen LogP contribution is -2.25. The second kappa shape index (κ2) is 7.27. The van der Waals surface area contributed by atoms with Crippen molar-refractivity contribution in [1.29, 1.82) is 5.26 Å². The van der Waals surface area contributed by atoms with Crippen molar-refractivity contribution in [2.75, 3.05) is 6.61 Å². The van der Waals surface area contributed by atoms with Crippen molar-refractivity contribution in [3.63, 3.8) is 0 Å². The number of nitriles is 1. The monoisotopic (exact) mass is 311 g/mol. The molecule has 6 heteroatoms. The average molecular weight is 311 g/mol. The predicted octanol–water partition coefficient (Wildman–Crippen LogP) is 2.69. The third-order valence-electron chi connectivity index (χ3n) is 3.15. The first-order valence-electron chi connectivity index (χ1n) is 7.03. The lowest BCUT2D eigenvalue weighted by Gasteiger charge is -2.06. The largest absolute Gasteiger partial charge is 0.482 e. The molecular weight excluding hydrogens is 294 g/mol. The highest BCUT2D eigenvalue weighted by molar-refractivity contribution is 6.00. The maximum atomic E-state index is 11.8. The Bertz CT molecular complexity index is 785. The van der Waals surface area contributed by atoms with E-state index in [1.165, 1.54) is 0 Å². The van der Waals surface area contributed by atoms with Crippen molar-refractivity contribution in [2.45, 2.75) is 20.8 Å². The number of carbonyl (C=O) groups excluding carboxylic acids is 1. The Labute approximate surface area is 134 Å². The van der Waals surface area contributed by atoms with Crippen LogP contribution in [0.4, 0.5) is 0 Å². The van der Waals surface area contributed by atoms with Gasteiger partial charge in [0.2, 0.25) is 0 Å². The van der Waals surface area contributed by atoms with E-state index in [1.54, 1.807) is 31.2 Å². The first kappa shape index (κ1) is 16.3. The molecule has 2 rings (SSSR count). The molecule has 0 aliphatic carbocycles. The topological polar surface area (TPSA) is 87.6 Å². The molecule has 1 aromatic carbocycles. The molecule has 1 amide bonds. The van der Waals surface area contributed by atoms with E-state index in [0.717, 1.165) is 17.1 Å². The van der Waals surface area contributed by atoms with E-state index in [9.17, 15) is 4.79 Å². The maximum absolute atomic E-state index is 11.8. The smallest absolute Gasteiger partial charge is 0.277 e. The van der Waals surface area contributed by atoms with Gasteiger partial charge in [0.1, 0.15) is 23.3 Å². The van der Waals surface area contributed by atoms with Crippen LogP contribution in [0.15, 0.2) is 39.9 Å². The SMILES string of the molecule is C/C(=N/NC(=O)COc1ccccc1C#N)c1cc(C)oc1C. The molecule has 0 spiro atoms. The predicted molar refractivity (Wildman–Crippen MR) is 85.2 cm³/mol. The maximum Gasteiger partial charge on any atom is 0.277 e. The third-order valence-corrected chi connectivity index (χ3v) is 3.15. The summed E-state index contributed by atoms with van der Waals surface area (Å²) in [7, 11) is 0. The standard InChI is InChI=1S/C17H17N3O3/c1-11-8-15(13(3)23-11)12(2)19-20-17(21)10-22-16-7-5-4-6-14(16)9-18/h4-8H,10H2,1-3H3,(H,20,21)/b19-12-. The second-order valence-corrected chi connectivity index (χ2v) is 4.96. The van der Waals surface area contributed by atoms with Gasteiger partial charge in [-0.1, -0.05) is 12.1 Å². The fourth-order valence-electron chi connectivity index (χ4n) is 2.06. The molecule has 0 radical (unpaired) electrons. The molecule has 0 fully saturated rings. The number of hydrogen-bond donors (Lipinski definition) is 1. The number of rotatable bonds is 5. The quantitative estimate of drug-likeness (QED) is 0.679. The summed E-state index contributed by atoms with van der Waals surface area (Å²) in [5.41, 5.74) is 4.29. The van der Waals surface area contributed by atoms with Crippen LogP contribution in [0.25, 0.3) is 0 Å². The zero-order valence-corrected chi connectivity index (χ0v) is 13.2. The zero-order chi connectivity index (χ0) is 16.8. The average Bonchev–Trinajstić information content (AvgIpc) is 2.89. The lowest BCUT2D eigenvalue weighted by molar-refractivity contribution is -0.123. The summed E-state index contributed by atoms with van der Waals surface area (Å²) in [4.78, 5) is 11.8. The molecule has 0 aliphatic heterocycles. The number of carbonyl (C=O) groups is 1. The van der Waals surface area contributed by atoms with Gasteiger partial charge in [0, 0.05) is 5.56 Å². The Morgan fingerprint density at radius 2 is 2.13 bits per heavy atom. The molecular formula is C17H17N3O3. The van der Waals surface area contributed by atoms with Crippen LogP contribution in [0.2, 0.25) is 0 Å². The van der Waals surface area contributed by atoms with Crippen molar-refractivity contribution in [3.8, 4) is 11.8 Å². The van der Waals surface area contributed by atoms with Gasteiger partial charge in [-0.25, -0.2) is 5.43 Å². The molecule has 0 bridgehead atoms. The number of benzene rings is 1. The molecule has 0 atom stereocenters. The van der Waals surface area contributed by atoms with Gasteiger partial charge in [-0.15, -0.1) is 0 Å². The molecule has 6 nitrogen and oxygen atoms in total. The number of nitrogens with one attached hydrogen (secondary N) is 1. The van der Waals surface area contributed by atoms with E-state index in [0.29, 0.717) is 17.0 Å². The fourth-order valence-corrected chi connectivity index (χ4v) is 2.06. The lowest BCUT2D eigenvalue weighted by atomic mass is 10.2. The summed E-state index contributed by atoms with van der Waals surface area (Å²) in [5.74, 6) is 1.49. The van der Waals surface area contributed by atoms with Crippen LogP contribution < -0.4 is 10.2 Å². The molecule has 1 N–H and O–H groups in total. The molecule has 0 unspecified atom stereocenters. The molecule has 2 aromatic rings. The van der Waals surface area contributed by atoms with Gasteiger partial charge in [-0.2, -0.15) is 10.4 Å². The Morgan fingerprint density at radius 1 is 1.39 bits per heavy atom. The van der Waals surface area contributed by atoms with Gasteiger partial charge >= 0.3 is 0 Å². The van der Waals surface area contributed by atoms with Gasteiger partial charge in [0.25, 0.3) is 5.91 Å². The van der Waals surface area contributed by atoms with E-state index in [-0.39, 0.29) is 6.61 Å². The van der Waals surface area contributed by atoms with Crippen LogP contribution in [0.3, 0.4) is 0 Å². The molecule has 0 saturated heterocycles. The number of furan rings is 1. The van der Waals surface area contributed by atoms with Crippen LogP contribution in [0.5, 0.6) is 5.75 Å². The molecule has 1 heterocycles. The minimum Gasteiger partial charge on any atom is -0.482 e. The molecule has 118 valence electrons. The van der Waals surface area contributed by atoms with E-state index < -0.39 is 5.91 Å². The zero-order valence-electron chi connectivity index (χ0n) is 13.2. The van der Waals surface area contributed by atoms with Crippen LogP contribution >= 0.6 is 0 Å². The summed E-state index contributed by atoms with van der Waals surface area (Å²) in [6.45, 7) is 5.25. The Hall–Kier alpha value is -3.07. The highest BCUT2D eigenvalue weighted by Crippen LogP contribution is 2.16.